The fourth-order valence-corrected chi connectivity index (χ4v) is 2.12. The Hall–Kier alpha value is -2.67. The van der Waals surface area contributed by atoms with Gasteiger partial charge in [-0.25, -0.2) is 0 Å². The number of aromatic amines is 1. The number of hydrogen-bond donors (Lipinski definition) is 2. The molecule has 0 aliphatic heterocycles. The Bertz CT molecular complexity index is 779. The Morgan fingerprint density at radius 1 is 1.38 bits per heavy atom. The number of H-pyrrole nitrogens is 1. The van der Waals surface area contributed by atoms with E-state index in [9.17, 15) is 4.79 Å². The van der Waals surface area contributed by atoms with Crippen LogP contribution in [0.15, 0.2) is 36.8 Å². The SMILES string of the molecule is Cn1cc(Cl)c(C(=O)Nc2cc(-c3ccncc3)[nH]n2)n1. The van der Waals surface area contributed by atoms with Gasteiger partial charge in [-0.2, -0.15) is 10.2 Å². The van der Waals surface area contributed by atoms with Gasteiger partial charge in [0, 0.05) is 37.3 Å². The minimum absolute atomic E-state index is 0.160. The van der Waals surface area contributed by atoms with Crippen LogP contribution in [0.3, 0.4) is 0 Å². The number of nitrogens with one attached hydrogen (secondary N) is 2. The molecule has 0 aliphatic rings. The molecule has 0 saturated carbocycles. The van der Waals surface area contributed by atoms with Gasteiger partial charge in [0.1, 0.15) is 0 Å². The predicted molar refractivity (Wildman–Crippen MR) is 78.0 cm³/mol. The summed E-state index contributed by atoms with van der Waals surface area (Å²) in [5.74, 6) is -0.0121. The summed E-state index contributed by atoms with van der Waals surface area (Å²) in [7, 11) is 1.69. The van der Waals surface area contributed by atoms with Crippen molar-refractivity contribution in [3.8, 4) is 11.3 Å². The second-order valence-electron chi connectivity index (χ2n) is 4.36. The van der Waals surface area contributed by atoms with Gasteiger partial charge in [-0.05, 0) is 12.1 Å². The fraction of sp³-hybridized carbons (Fsp3) is 0.0769. The first kappa shape index (κ1) is 13.3. The molecule has 0 bridgehead atoms. The molecule has 8 heteroatoms. The minimum Gasteiger partial charge on any atom is -0.304 e. The van der Waals surface area contributed by atoms with Crippen LogP contribution in [0.4, 0.5) is 5.82 Å². The highest BCUT2D eigenvalue weighted by Gasteiger charge is 2.16. The maximum absolute atomic E-state index is 12.1. The highest BCUT2D eigenvalue weighted by Crippen LogP contribution is 2.20. The summed E-state index contributed by atoms with van der Waals surface area (Å²) >= 11 is 5.93. The van der Waals surface area contributed by atoms with E-state index in [1.165, 1.54) is 4.68 Å². The molecule has 0 saturated heterocycles. The summed E-state index contributed by atoms with van der Waals surface area (Å²) in [5, 5.41) is 13.8. The van der Waals surface area contributed by atoms with Crippen molar-refractivity contribution in [1.82, 2.24) is 25.0 Å². The normalized spacial score (nSPS) is 10.6. The van der Waals surface area contributed by atoms with Crippen LogP contribution in [0.2, 0.25) is 5.02 Å². The second-order valence-corrected chi connectivity index (χ2v) is 4.76. The highest BCUT2D eigenvalue weighted by atomic mass is 35.5. The van der Waals surface area contributed by atoms with E-state index >= 15 is 0 Å². The number of carbonyl (C=O) groups excluding carboxylic acids is 1. The van der Waals surface area contributed by atoms with Gasteiger partial charge in [0.15, 0.2) is 11.5 Å². The van der Waals surface area contributed by atoms with Crippen LogP contribution < -0.4 is 5.32 Å². The summed E-state index contributed by atoms with van der Waals surface area (Å²) in [5.41, 5.74) is 1.86. The van der Waals surface area contributed by atoms with Gasteiger partial charge in [0.05, 0.1) is 10.7 Å². The van der Waals surface area contributed by atoms with E-state index in [-0.39, 0.29) is 5.69 Å². The van der Waals surface area contributed by atoms with E-state index in [4.69, 9.17) is 11.6 Å². The lowest BCUT2D eigenvalue weighted by Crippen LogP contribution is -2.13. The average Bonchev–Trinajstić information content (AvgIpc) is 3.06. The zero-order valence-electron chi connectivity index (χ0n) is 11.0. The molecule has 2 N–H and O–H groups in total. The molecule has 0 aliphatic carbocycles. The van der Waals surface area contributed by atoms with Crippen molar-refractivity contribution in [1.29, 1.82) is 0 Å². The molecule has 21 heavy (non-hydrogen) atoms. The predicted octanol–water partition coefficient (Wildman–Crippen LogP) is 2.11. The molecule has 0 unspecified atom stereocenters. The lowest BCUT2D eigenvalue weighted by Gasteiger charge is -1.98. The molecule has 7 nitrogen and oxygen atoms in total. The van der Waals surface area contributed by atoms with Crippen LogP contribution in [0.25, 0.3) is 11.3 Å². The van der Waals surface area contributed by atoms with E-state index in [0.29, 0.717) is 10.8 Å². The summed E-state index contributed by atoms with van der Waals surface area (Å²) in [6.07, 6.45) is 4.92. The van der Waals surface area contributed by atoms with Crippen molar-refractivity contribution in [3.63, 3.8) is 0 Å². The molecular formula is C13H11ClN6O. The molecule has 3 heterocycles. The molecular weight excluding hydrogens is 292 g/mol. The molecule has 0 fully saturated rings. The van der Waals surface area contributed by atoms with E-state index in [2.05, 4.69) is 25.6 Å². The van der Waals surface area contributed by atoms with Gasteiger partial charge in [-0.1, -0.05) is 11.6 Å². The summed E-state index contributed by atoms with van der Waals surface area (Å²) in [6, 6.07) is 5.41. The van der Waals surface area contributed by atoms with E-state index in [1.807, 2.05) is 12.1 Å². The van der Waals surface area contributed by atoms with E-state index in [1.54, 1.807) is 31.7 Å². The van der Waals surface area contributed by atoms with Crippen molar-refractivity contribution >= 4 is 23.3 Å². The number of hydrogen-bond acceptors (Lipinski definition) is 4. The van der Waals surface area contributed by atoms with Crippen molar-refractivity contribution < 1.29 is 4.79 Å². The molecule has 0 aromatic carbocycles. The molecule has 0 radical (unpaired) electrons. The first-order chi connectivity index (χ1) is 10.1. The number of anilines is 1. The van der Waals surface area contributed by atoms with Crippen molar-refractivity contribution in [3.05, 3.63) is 47.5 Å². The molecule has 3 rings (SSSR count). The quantitative estimate of drug-likeness (QED) is 0.775. The van der Waals surface area contributed by atoms with Crippen molar-refractivity contribution in [2.75, 3.05) is 5.32 Å². The van der Waals surface area contributed by atoms with Crippen LogP contribution in [-0.4, -0.2) is 30.9 Å². The number of halogens is 1. The number of nitrogens with zero attached hydrogens (tertiary/aromatic N) is 4. The zero-order chi connectivity index (χ0) is 14.8. The van der Waals surface area contributed by atoms with Crippen LogP contribution in [0.5, 0.6) is 0 Å². The maximum atomic E-state index is 12.1. The Labute approximate surface area is 125 Å². The molecule has 3 aromatic rings. The molecule has 0 atom stereocenters. The molecule has 106 valence electrons. The third-order valence-corrected chi connectivity index (χ3v) is 3.09. The van der Waals surface area contributed by atoms with Crippen molar-refractivity contribution in [2.45, 2.75) is 0 Å². The third-order valence-electron chi connectivity index (χ3n) is 2.81. The smallest absolute Gasteiger partial charge is 0.278 e. The molecule has 3 aromatic heterocycles. The van der Waals surface area contributed by atoms with Crippen LogP contribution in [0, 0.1) is 0 Å². The standard InChI is InChI=1S/C13H11ClN6O/c1-20-7-9(14)12(19-20)13(21)16-11-6-10(17-18-11)8-2-4-15-5-3-8/h2-7H,1H3,(H2,16,17,18,21). The summed E-state index contributed by atoms with van der Waals surface area (Å²) in [6.45, 7) is 0. The number of rotatable bonds is 3. The monoisotopic (exact) mass is 302 g/mol. The number of amides is 1. The summed E-state index contributed by atoms with van der Waals surface area (Å²) < 4.78 is 1.48. The Balaban J connectivity index is 1.79. The topological polar surface area (TPSA) is 88.5 Å². The Morgan fingerprint density at radius 3 is 2.81 bits per heavy atom. The van der Waals surface area contributed by atoms with Gasteiger partial charge in [0.2, 0.25) is 0 Å². The second kappa shape index (κ2) is 5.37. The third kappa shape index (κ3) is 2.77. The number of aromatic nitrogens is 5. The Kier molecular flexibility index (Phi) is 3.41. The number of aryl methyl sites for hydroxylation is 1. The average molecular weight is 303 g/mol. The van der Waals surface area contributed by atoms with Gasteiger partial charge in [-0.3, -0.25) is 19.6 Å². The number of carbonyl (C=O) groups is 1. The van der Waals surface area contributed by atoms with Crippen molar-refractivity contribution in [2.24, 2.45) is 7.05 Å². The number of pyridine rings is 1. The van der Waals surface area contributed by atoms with Gasteiger partial charge >= 0.3 is 0 Å². The van der Waals surface area contributed by atoms with E-state index in [0.717, 1.165) is 11.3 Å². The van der Waals surface area contributed by atoms with Gasteiger partial charge < -0.3 is 5.32 Å². The molecule has 0 spiro atoms. The van der Waals surface area contributed by atoms with E-state index < -0.39 is 5.91 Å². The van der Waals surface area contributed by atoms with Crippen LogP contribution in [-0.2, 0) is 7.05 Å². The van der Waals surface area contributed by atoms with Gasteiger partial charge in [0.25, 0.3) is 5.91 Å². The zero-order valence-corrected chi connectivity index (χ0v) is 11.8. The maximum Gasteiger partial charge on any atom is 0.278 e. The Morgan fingerprint density at radius 2 is 2.14 bits per heavy atom. The lowest BCUT2D eigenvalue weighted by molar-refractivity contribution is 0.102. The lowest BCUT2D eigenvalue weighted by atomic mass is 10.2. The first-order valence-corrected chi connectivity index (χ1v) is 6.47. The van der Waals surface area contributed by atoms with Crippen LogP contribution >= 0.6 is 11.6 Å². The largest absolute Gasteiger partial charge is 0.304 e. The van der Waals surface area contributed by atoms with Gasteiger partial charge in [-0.15, -0.1) is 0 Å². The molecule has 1 amide bonds. The minimum atomic E-state index is -0.409. The van der Waals surface area contributed by atoms with Crippen LogP contribution in [0.1, 0.15) is 10.5 Å². The fourth-order valence-electron chi connectivity index (χ4n) is 1.85. The highest BCUT2D eigenvalue weighted by molar-refractivity contribution is 6.34. The first-order valence-electron chi connectivity index (χ1n) is 6.10. The summed E-state index contributed by atoms with van der Waals surface area (Å²) in [4.78, 5) is 16.0.